The van der Waals surface area contributed by atoms with Gasteiger partial charge in [0.2, 0.25) is 0 Å². The molecule has 0 saturated heterocycles. The smallest absolute Gasteiger partial charge is 0.380 e. The van der Waals surface area contributed by atoms with Crippen molar-refractivity contribution in [1.29, 1.82) is 0 Å². The Hall–Kier alpha value is -2.61. The van der Waals surface area contributed by atoms with Crippen molar-refractivity contribution in [2.24, 2.45) is 5.73 Å². The Morgan fingerprint density at radius 1 is 1.22 bits per heavy atom. The number of nitrogens with zero attached hydrogens (tertiary/aromatic N) is 2. The lowest BCUT2D eigenvalue weighted by molar-refractivity contribution is 0.0926. The highest BCUT2D eigenvalue weighted by Gasteiger charge is 2.12. The molecule has 0 bridgehead atoms. The van der Waals surface area contributed by atoms with E-state index in [2.05, 4.69) is 21.4 Å². The van der Waals surface area contributed by atoms with E-state index in [9.17, 15) is 4.79 Å². The Kier molecular flexibility index (Phi) is 6.28. The van der Waals surface area contributed by atoms with E-state index in [0.29, 0.717) is 24.8 Å². The zero-order valence-electron chi connectivity index (χ0n) is 14.9. The number of nitrogens with one attached hydrogen (secondary N) is 1. The predicted octanol–water partition coefficient (Wildman–Crippen LogP) is 3.49. The lowest BCUT2D eigenvalue weighted by Gasteiger charge is -2.10. The summed E-state index contributed by atoms with van der Waals surface area (Å²) in [4.78, 5) is 20.0. The number of nitrogens with two attached hydrogens (primary N) is 1. The van der Waals surface area contributed by atoms with Crippen LogP contribution in [-0.2, 0) is 22.7 Å². The van der Waals surface area contributed by atoms with Crippen LogP contribution in [0.1, 0.15) is 12.7 Å². The molecule has 3 N–H and O–H groups in total. The second kappa shape index (κ2) is 8.85. The van der Waals surface area contributed by atoms with Crippen molar-refractivity contribution in [3.05, 3.63) is 53.3 Å². The summed E-state index contributed by atoms with van der Waals surface area (Å²) >= 11 is 5.98. The molecule has 8 heteroatoms. The molecule has 0 atom stereocenters. The topological polar surface area (TPSA) is 91.4 Å². The predicted molar refractivity (Wildman–Crippen MR) is 104 cm³/mol. The molecule has 142 valence electrons. The number of benzene rings is 2. The van der Waals surface area contributed by atoms with Crippen LogP contribution < -0.4 is 11.2 Å². The minimum absolute atomic E-state index is 0.236. The van der Waals surface area contributed by atoms with Crippen LogP contribution in [0.5, 0.6) is 0 Å². The number of hydrogen-bond acceptors (Lipinski definition) is 5. The zero-order valence-corrected chi connectivity index (χ0v) is 15.7. The number of primary amides is 1. The Labute approximate surface area is 162 Å². The molecule has 3 aromatic rings. The molecule has 0 aliphatic carbocycles. The fourth-order valence-corrected chi connectivity index (χ4v) is 2.98. The van der Waals surface area contributed by atoms with Gasteiger partial charge in [0.05, 0.1) is 24.2 Å². The highest BCUT2D eigenvalue weighted by Crippen LogP contribution is 2.26. The Balaban J connectivity index is 1.95. The maximum atomic E-state index is 10.8. The summed E-state index contributed by atoms with van der Waals surface area (Å²) < 4.78 is 7.54. The SMILES string of the molecule is CCOCCn1c(CNOC(N)=O)nc2ccc(-c3ccc(Cl)cc3)cc21. The molecule has 0 unspecified atom stereocenters. The van der Waals surface area contributed by atoms with Gasteiger partial charge in [0.25, 0.3) is 0 Å². The van der Waals surface area contributed by atoms with Gasteiger partial charge in [-0.1, -0.05) is 29.8 Å². The molecular formula is C19H21ClN4O3. The molecule has 0 aliphatic heterocycles. The van der Waals surface area contributed by atoms with Crippen LogP contribution in [0.25, 0.3) is 22.2 Å². The minimum Gasteiger partial charge on any atom is -0.380 e. The summed E-state index contributed by atoms with van der Waals surface area (Å²) in [6.07, 6.45) is -0.892. The van der Waals surface area contributed by atoms with E-state index in [1.807, 2.05) is 47.9 Å². The largest absolute Gasteiger partial charge is 0.423 e. The van der Waals surface area contributed by atoms with Crippen molar-refractivity contribution >= 4 is 28.7 Å². The van der Waals surface area contributed by atoms with E-state index in [-0.39, 0.29) is 6.54 Å². The molecule has 1 heterocycles. The van der Waals surface area contributed by atoms with Gasteiger partial charge in [-0.3, -0.25) is 0 Å². The molecule has 27 heavy (non-hydrogen) atoms. The summed E-state index contributed by atoms with van der Waals surface area (Å²) in [5, 5.41) is 0.699. The number of ether oxygens (including phenoxy) is 1. The standard InChI is InChI=1S/C19H21ClN4O3/c1-2-26-10-9-24-17-11-14(13-3-6-15(20)7-4-13)5-8-16(17)23-18(24)12-22-27-19(21)25/h3-8,11,22H,2,9-10,12H2,1H3,(H2,21,25). The Bertz CT molecular complexity index is 925. The van der Waals surface area contributed by atoms with Gasteiger partial charge in [0.15, 0.2) is 0 Å². The molecule has 7 nitrogen and oxygen atoms in total. The number of hydrogen-bond donors (Lipinski definition) is 2. The summed E-state index contributed by atoms with van der Waals surface area (Å²) in [7, 11) is 0. The summed E-state index contributed by atoms with van der Waals surface area (Å²) in [6, 6.07) is 13.8. The van der Waals surface area contributed by atoms with Gasteiger partial charge in [-0.05, 0) is 42.3 Å². The van der Waals surface area contributed by atoms with Gasteiger partial charge in [0, 0.05) is 18.2 Å². The van der Waals surface area contributed by atoms with Crippen molar-refractivity contribution < 1.29 is 14.4 Å². The molecule has 0 saturated carbocycles. The van der Waals surface area contributed by atoms with E-state index in [1.54, 1.807) is 0 Å². The number of halogens is 1. The Morgan fingerprint density at radius 3 is 2.67 bits per heavy atom. The van der Waals surface area contributed by atoms with Crippen LogP contribution in [0, 0.1) is 0 Å². The van der Waals surface area contributed by atoms with Crippen LogP contribution in [0.3, 0.4) is 0 Å². The lowest BCUT2D eigenvalue weighted by atomic mass is 10.1. The summed E-state index contributed by atoms with van der Waals surface area (Å²) in [5.41, 5.74) is 11.5. The normalized spacial score (nSPS) is 11.0. The summed E-state index contributed by atoms with van der Waals surface area (Å²) in [5.74, 6) is 0.721. The monoisotopic (exact) mass is 388 g/mol. The number of carbonyl (C=O) groups is 1. The van der Waals surface area contributed by atoms with Gasteiger partial charge in [-0.2, -0.15) is 0 Å². The molecule has 0 spiro atoms. The lowest BCUT2D eigenvalue weighted by Crippen LogP contribution is -2.25. The second-order valence-electron chi connectivity index (χ2n) is 5.83. The maximum Gasteiger partial charge on any atom is 0.423 e. The third-order valence-electron chi connectivity index (χ3n) is 4.07. The first-order valence-electron chi connectivity index (χ1n) is 8.60. The van der Waals surface area contributed by atoms with Gasteiger partial charge < -0.3 is 19.9 Å². The van der Waals surface area contributed by atoms with Crippen LogP contribution >= 0.6 is 11.6 Å². The molecule has 0 radical (unpaired) electrons. The molecule has 0 aliphatic rings. The van der Waals surface area contributed by atoms with Crippen LogP contribution in [0.4, 0.5) is 4.79 Å². The minimum atomic E-state index is -0.892. The number of hydroxylamine groups is 1. The van der Waals surface area contributed by atoms with E-state index in [0.717, 1.165) is 28.0 Å². The molecule has 1 aromatic heterocycles. The highest BCUT2D eigenvalue weighted by atomic mass is 35.5. The first-order chi connectivity index (χ1) is 13.1. The van der Waals surface area contributed by atoms with Crippen LogP contribution in [0.15, 0.2) is 42.5 Å². The highest BCUT2D eigenvalue weighted by molar-refractivity contribution is 6.30. The third kappa shape index (κ3) is 4.77. The molecule has 1 amide bonds. The number of aromatic nitrogens is 2. The summed E-state index contributed by atoms with van der Waals surface area (Å²) in [6.45, 7) is 4.01. The average Bonchev–Trinajstić information content (AvgIpc) is 2.99. The molecule has 3 rings (SSSR count). The van der Waals surface area contributed by atoms with Gasteiger partial charge >= 0.3 is 6.09 Å². The average molecular weight is 389 g/mol. The van der Waals surface area contributed by atoms with E-state index in [4.69, 9.17) is 22.1 Å². The second-order valence-corrected chi connectivity index (χ2v) is 6.27. The number of fused-ring (bicyclic) bond motifs is 1. The number of imidazole rings is 1. The van der Waals surface area contributed by atoms with E-state index >= 15 is 0 Å². The van der Waals surface area contributed by atoms with Crippen molar-refractivity contribution in [3.8, 4) is 11.1 Å². The Morgan fingerprint density at radius 2 is 1.96 bits per heavy atom. The number of carbonyl (C=O) groups excluding carboxylic acids is 1. The molecule has 2 aromatic carbocycles. The first kappa shape index (κ1) is 19.2. The van der Waals surface area contributed by atoms with Crippen LogP contribution in [-0.4, -0.2) is 28.9 Å². The number of amides is 1. The molecule has 0 fully saturated rings. The number of rotatable bonds is 8. The zero-order chi connectivity index (χ0) is 19.2. The molecular weight excluding hydrogens is 368 g/mol. The van der Waals surface area contributed by atoms with E-state index in [1.165, 1.54) is 0 Å². The van der Waals surface area contributed by atoms with Crippen molar-refractivity contribution in [3.63, 3.8) is 0 Å². The van der Waals surface area contributed by atoms with Gasteiger partial charge in [-0.25, -0.2) is 9.78 Å². The van der Waals surface area contributed by atoms with Gasteiger partial charge in [0.1, 0.15) is 5.82 Å². The van der Waals surface area contributed by atoms with Gasteiger partial charge in [-0.15, -0.1) is 5.48 Å². The van der Waals surface area contributed by atoms with Crippen molar-refractivity contribution in [2.45, 2.75) is 20.0 Å². The quantitative estimate of drug-likeness (QED) is 0.455. The van der Waals surface area contributed by atoms with Crippen LogP contribution in [0.2, 0.25) is 5.02 Å². The fraction of sp³-hybridized carbons (Fsp3) is 0.263. The van der Waals surface area contributed by atoms with Crippen molar-refractivity contribution in [1.82, 2.24) is 15.0 Å². The first-order valence-corrected chi connectivity index (χ1v) is 8.98. The third-order valence-corrected chi connectivity index (χ3v) is 4.32. The maximum absolute atomic E-state index is 10.8. The fourth-order valence-electron chi connectivity index (χ4n) is 2.85. The van der Waals surface area contributed by atoms with E-state index < -0.39 is 6.09 Å². The van der Waals surface area contributed by atoms with Crippen molar-refractivity contribution in [2.75, 3.05) is 13.2 Å².